The molecule has 2 heterocycles. The number of hydrogen-bond acceptors (Lipinski definition) is 2. The summed E-state index contributed by atoms with van der Waals surface area (Å²) in [6.45, 7) is 7.03. The molecule has 1 aliphatic heterocycles. The van der Waals surface area contributed by atoms with Gasteiger partial charge in [-0.25, -0.2) is 4.98 Å². The molecule has 0 spiro atoms. The minimum atomic E-state index is -0.676. The highest BCUT2D eigenvalue weighted by Gasteiger charge is 2.39. The Labute approximate surface area is 91.1 Å². The van der Waals surface area contributed by atoms with E-state index in [1.165, 1.54) is 0 Å². The van der Waals surface area contributed by atoms with Crippen LogP contribution in [-0.2, 0) is 6.54 Å². The van der Waals surface area contributed by atoms with Gasteiger partial charge in [0.25, 0.3) is 0 Å². The Balaban J connectivity index is 2.40. The molecule has 1 aromatic rings. The summed E-state index contributed by atoms with van der Waals surface area (Å²) in [7, 11) is 0. The number of aliphatic hydroxyl groups is 1. The number of rotatable bonds is 2. The molecule has 0 bridgehead atoms. The first-order valence-corrected chi connectivity index (χ1v) is 5.77. The van der Waals surface area contributed by atoms with E-state index in [4.69, 9.17) is 0 Å². The minimum Gasteiger partial charge on any atom is -0.390 e. The first kappa shape index (κ1) is 10.7. The first-order chi connectivity index (χ1) is 7.04. The lowest BCUT2D eigenvalue weighted by molar-refractivity contribution is 0.0125. The summed E-state index contributed by atoms with van der Waals surface area (Å²) in [6, 6.07) is 0. The normalized spacial score (nSPS) is 26.4. The van der Waals surface area contributed by atoms with E-state index in [0.717, 1.165) is 25.2 Å². The quantitative estimate of drug-likeness (QED) is 0.809. The highest BCUT2D eigenvalue weighted by Crippen LogP contribution is 2.40. The van der Waals surface area contributed by atoms with Crippen LogP contribution in [0.2, 0.25) is 0 Å². The van der Waals surface area contributed by atoms with Crippen molar-refractivity contribution in [1.82, 2.24) is 9.55 Å². The molecule has 1 aliphatic rings. The maximum absolute atomic E-state index is 10.3. The molecule has 2 unspecified atom stereocenters. The Morgan fingerprint density at radius 3 is 2.93 bits per heavy atom. The van der Waals surface area contributed by atoms with Crippen molar-refractivity contribution in [1.29, 1.82) is 0 Å². The molecule has 15 heavy (non-hydrogen) atoms. The molecule has 2 rings (SSSR count). The lowest BCUT2D eigenvalue weighted by Crippen LogP contribution is -2.39. The molecule has 0 radical (unpaired) electrons. The zero-order valence-electron chi connectivity index (χ0n) is 9.77. The van der Waals surface area contributed by atoms with E-state index in [0.29, 0.717) is 5.92 Å². The van der Waals surface area contributed by atoms with Crippen LogP contribution in [0.25, 0.3) is 0 Å². The summed E-state index contributed by atoms with van der Waals surface area (Å²) in [4.78, 5) is 4.41. The summed E-state index contributed by atoms with van der Waals surface area (Å²) in [5.41, 5.74) is -0.676. The predicted octanol–water partition coefficient (Wildman–Crippen LogP) is 2.17. The van der Waals surface area contributed by atoms with Crippen molar-refractivity contribution in [2.75, 3.05) is 0 Å². The summed E-state index contributed by atoms with van der Waals surface area (Å²) >= 11 is 0. The maximum Gasteiger partial charge on any atom is 0.114 e. The maximum atomic E-state index is 10.3. The van der Waals surface area contributed by atoms with Gasteiger partial charge in [-0.1, -0.05) is 13.3 Å². The number of fused-ring (bicyclic) bond motifs is 1. The molecule has 1 N–H and O–H groups in total. The molecule has 0 aliphatic carbocycles. The lowest BCUT2D eigenvalue weighted by Gasteiger charge is -2.38. The summed E-state index contributed by atoms with van der Waals surface area (Å²) in [6.07, 6.45) is 6.11. The number of aromatic nitrogens is 2. The SMILES string of the molecule is CCC1CCn2ccnc2C1C(C)(C)O. The van der Waals surface area contributed by atoms with Crippen molar-refractivity contribution < 1.29 is 5.11 Å². The Kier molecular flexibility index (Phi) is 2.59. The lowest BCUT2D eigenvalue weighted by atomic mass is 9.75. The van der Waals surface area contributed by atoms with Gasteiger partial charge >= 0.3 is 0 Å². The van der Waals surface area contributed by atoms with Gasteiger partial charge in [0.2, 0.25) is 0 Å². The number of imidazole rings is 1. The second-order valence-electron chi connectivity index (χ2n) is 5.07. The highest BCUT2D eigenvalue weighted by atomic mass is 16.3. The van der Waals surface area contributed by atoms with Gasteiger partial charge < -0.3 is 9.67 Å². The second-order valence-corrected chi connectivity index (χ2v) is 5.07. The first-order valence-electron chi connectivity index (χ1n) is 5.77. The molecule has 2 atom stereocenters. The van der Waals surface area contributed by atoms with Crippen LogP contribution in [0, 0.1) is 5.92 Å². The fourth-order valence-corrected chi connectivity index (χ4v) is 2.80. The Hall–Kier alpha value is -0.830. The summed E-state index contributed by atoms with van der Waals surface area (Å²) in [5.74, 6) is 1.78. The summed E-state index contributed by atoms with van der Waals surface area (Å²) < 4.78 is 2.18. The fraction of sp³-hybridized carbons (Fsp3) is 0.750. The Morgan fingerprint density at radius 1 is 1.60 bits per heavy atom. The molecular formula is C12H20N2O. The second kappa shape index (κ2) is 3.63. The third-order valence-electron chi connectivity index (χ3n) is 3.52. The van der Waals surface area contributed by atoms with Gasteiger partial charge in [0.1, 0.15) is 5.82 Å². The predicted molar refractivity (Wildman–Crippen MR) is 59.7 cm³/mol. The van der Waals surface area contributed by atoms with Gasteiger partial charge in [0.05, 0.1) is 5.60 Å². The van der Waals surface area contributed by atoms with Crippen LogP contribution in [0.5, 0.6) is 0 Å². The molecule has 84 valence electrons. The van der Waals surface area contributed by atoms with Crippen LogP contribution in [-0.4, -0.2) is 20.3 Å². The van der Waals surface area contributed by atoms with Crippen molar-refractivity contribution in [2.24, 2.45) is 5.92 Å². The minimum absolute atomic E-state index is 0.172. The van der Waals surface area contributed by atoms with Crippen molar-refractivity contribution in [2.45, 2.75) is 51.7 Å². The van der Waals surface area contributed by atoms with Crippen LogP contribution in [0.15, 0.2) is 12.4 Å². The van der Waals surface area contributed by atoms with E-state index < -0.39 is 5.60 Å². The van der Waals surface area contributed by atoms with Crippen LogP contribution in [0.3, 0.4) is 0 Å². The average molecular weight is 208 g/mol. The molecule has 0 fully saturated rings. The van der Waals surface area contributed by atoms with Crippen LogP contribution in [0.1, 0.15) is 45.4 Å². The van der Waals surface area contributed by atoms with Crippen LogP contribution >= 0.6 is 0 Å². The fourth-order valence-electron chi connectivity index (χ4n) is 2.80. The Bertz CT molecular complexity index is 338. The van der Waals surface area contributed by atoms with Crippen LogP contribution < -0.4 is 0 Å². The molecule has 0 saturated carbocycles. The van der Waals surface area contributed by atoms with E-state index >= 15 is 0 Å². The van der Waals surface area contributed by atoms with Crippen molar-refractivity contribution in [3.8, 4) is 0 Å². The topological polar surface area (TPSA) is 38.0 Å². The van der Waals surface area contributed by atoms with E-state index in [1.54, 1.807) is 0 Å². The average Bonchev–Trinajstić information content (AvgIpc) is 2.61. The number of nitrogens with zero attached hydrogens (tertiary/aromatic N) is 2. The van der Waals surface area contributed by atoms with Crippen molar-refractivity contribution in [3.05, 3.63) is 18.2 Å². The molecule has 3 nitrogen and oxygen atoms in total. The smallest absolute Gasteiger partial charge is 0.114 e. The van der Waals surface area contributed by atoms with E-state index in [9.17, 15) is 5.11 Å². The molecular weight excluding hydrogens is 188 g/mol. The molecule has 3 heteroatoms. The Morgan fingerprint density at radius 2 is 2.33 bits per heavy atom. The monoisotopic (exact) mass is 208 g/mol. The summed E-state index contributed by atoms with van der Waals surface area (Å²) in [5, 5.41) is 10.3. The van der Waals surface area contributed by atoms with Gasteiger partial charge in [-0.15, -0.1) is 0 Å². The molecule has 0 saturated heterocycles. The van der Waals surface area contributed by atoms with Gasteiger partial charge in [0, 0.05) is 24.9 Å². The standard InChI is InChI=1S/C12H20N2O/c1-4-9-5-7-14-8-6-13-11(14)10(9)12(2,3)15/h6,8-10,15H,4-5,7H2,1-3H3. The van der Waals surface area contributed by atoms with Crippen LogP contribution in [0.4, 0.5) is 0 Å². The van der Waals surface area contributed by atoms with Crippen molar-refractivity contribution >= 4 is 0 Å². The van der Waals surface area contributed by atoms with E-state index in [-0.39, 0.29) is 5.92 Å². The largest absolute Gasteiger partial charge is 0.390 e. The zero-order valence-corrected chi connectivity index (χ0v) is 9.77. The molecule has 1 aromatic heterocycles. The van der Waals surface area contributed by atoms with Gasteiger partial charge in [0.15, 0.2) is 0 Å². The third-order valence-corrected chi connectivity index (χ3v) is 3.52. The zero-order chi connectivity index (χ0) is 11.1. The third kappa shape index (κ3) is 1.81. The number of aryl methyl sites for hydroxylation is 1. The van der Waals surface area contributed by atoms with E-state index in [1.807, 2.05) is 26.2 Å². The van der Waals surface area contributed by atoms with Gasteiger partial charge in [-0.3, -0.25) is 0 Å². The number of hydrogen-bond donors (Lipinski definition) is 1. The molecule has 0 amide bonds. The molecule has 0 aromatic carbocycles. The van der Waals surface area contributed by atoms with Crippen molar-refractivity contribution in [3.63, 3.8) is 0 Å². The highest BCUT2D eigenvalue weighted by molar-refractivity contribution is 5.11. The van der Waals surface area contributed by atoms with Gasteiger partial charge in [-0.05, 0) is 26.2 Å². The van der Waals surface area contributed by atoms with Gasteiger partial charge in [-0.2, -0.15) is 0 Å². The van der Waals surface area contributed by atoms with E-state index in [2.05, 4.69) is 16.5 Å².